The molecule has 4 rings (SSSR count). The predicted octanol–water partition coefficient (Wildman–Crippen LogP) is 3.78. The van der Waals surface area contributed by atoms with E-state index in [1.165, 1.54) is 23.2 Å². The molecule has 0 spiro atoms. The number of aromatic nitrogens is 2. The number of rotatable bonds is 2. The predicted molar refractivity (Wildman–Crippen MR) is 90.9 cm³/mol. The summed E-state index contributed by atoms with van der Waals surface area (Å²) < 4.78 is 0. The Bertz CT molecular complexity index is 919. The molecule has 0 aliphatic carbocycles. The highest BCUT2D eigenvalue weighted by Crippen LogP contribution is 2.39. The molecule has 23 heavy (non-hydrogen) atoms. The van der Waals surface area contributed by atoms with E-state index in [0.29, 0.717) is 4.88 Å². The van der Waals surface area contributed by atoms with Crippen LogP contribution in [-0.4, -0.2) is 27.6 Å². The third kappa shape index (κ3) is 2.17. The SMILES string of the molecule is Cc1c(C(=O)O)sc2ncnc(N3CCCc4ccccc43)c12. The van der Waals surface area contributed by atoms with Crippen LogP contribution in [0.3, 0.4) is 0 Å². The first-order chi connectivity index (χ1) is 11.2. The molecule has 0 amide bonds. The molecule has 6 heteroatoms. The molecule has 1 aliphatic rings. The molecule has 0 radical (unpaired) electrons. The van der Waals surface area contributed by atoms with Gasteiger partial charge >= 0.3 is 5.97 Å². The number of nitrogens with zero attached hydrogens (tertiary/aromatic N) is 3. The monoisotopic (exact) mass is 325 g/mol. The molecule has 1 aromatic carbocycles. The molecule has 2 aromatic heterocycles. The fourth-order valence-corrected chi connectivity index (χ4v) is 4.20. The second kappa shape index (κ2) is 5.31. The maximum absolute atomic E-state index is 11.4. The van der Waals surface area contributed by atoms with Crippen molar-refractivity contribution in [2.45, 2.75) is 19.8 Å². The van der Waals surface area contributed by atoms with Crippen LogP contribution in [0.15, 0.2) is 30.6 Å². The van der Waals surface area contributed by atoms with Gasteiger partial charge in [-0.3, -0.25) is 0 Å². The summed E-state index contributed by atoms with van der Waals surface area (Å²) in [6, 6.07) is 8.32. The first kappa shape index (κ1) is 14.1. The molecule has 3 aromatic rings. The van der Waals surface area contributed by atoms with Gasteiger partial charge in [0.2, 0.25) is 0 Å². The summed E-state index contributed by atoms with van der Waals surface area (Å²) in [7, 11) is 0. The first-order valence-electron chi connectivity index (χ1n) is 7.49. The zero-order valence-corrected chi connectivity index (χ0v) is 13.4. The number of aryl methyl sites for hydroxylation is 2. The number of fused-ring (bicyclic) bond motifs is 2. The van der Waals surface area contributed by atoms with E-state index < -0.39 is 5.97 Å². The van der Waals surface area contributed by atoms with Gasteiger partial charge in [-0.25, -0.2) is 14.8 Å². The lowest BCUT2D eigenvalue weighted by Gasteiger charge is -2.30. The summed E-state index contributed by atoms with van der Waals surface area (Å²) in [5.41, 5.74) is 3.20. The van der Waals surface area contributed by atoms with Crippen molar-refractivity contribution >= 4 is 39.0 Å². The average molecular weight is 325 g/mol. The fraction of sp³-hybridized carbons (Fsp3) is 0.235. The Hall–Kier alpha value is -2.47. The van der Waals surface area contributed by atoms with Gasteiger partial charge in [0.25, 0.3) is 0 Å². The molecule has 0 fully saturated rings. The van der Waals surface area contributed by atoms with E-state index in [4.69, 9.17) is 0 Å². The van der Waals surface area contributed by atoms with E-state index in [1.54, 1.807) is 0 Å². The van der Waals surface area contributed by atoms with Gasteiger partial charge in [0.15, 0.2) is 0 Å². The summed E-state index contributed by atoms with van der Waals surface area (Å²) in [6.45, 7) is 2.71. The van der Waals surface area contributed by atoms with Crippen molar-refractivity contribution in [3.05, 3.63) is 46.6 Å². The lowest BCUT2D eigenvalue weighted by atomic mass is 10.0. The Balaban J connectivity index is 1.95. The van der Waals surface area contributed by atoms with Crippen LogP contribution in [0, 0.1) is 6.92 Å². The Morgan fingerprint density at radius 2 is 2.13 bits per heavy atom. The smallest absolute Gasteiger partial charge is 0.346 e. The third-order valence-electron chi connectivity index (χ3n) is 4.27. The Labute approximate surface area is 137 Å². The maximum Gasteiger partial charge on any atom is 0.346 e. The molecule has 116 valence electrons. The normalized spacial score (nSPS) is 14.0. The van der Waals surface area contributed by atoms with Gasteiger partial charge in [-0.05, 0) is 37.0 Å². The van der Waals surface area contributed by atoms with Crippen molar-refractivity contribution in [3.63, 3.8) is 0 Å². The van der Waals surface area contributed by atoms with Crippen molar-refractivity contribution in [3.8, 4) is 0 Å². The number of aromatic carboxylic acids is 1. The maximum atomic E-state index is 11.4. The molecule has 5 nitrogen and oxygen atoms in total. The molecule has 0 atom stereocenters. The number of anilines is 2. The Morgan fingerprint density at radius 1 is 1.30 bits per heavy atom. The van der Waals surface area contributed by atoms with Gasteiger partial charge in [0.1, 0.15) is 21.9 Å². The minimum absolute atomic E-state index is 0.340. The number of thiophene rings is 1. The number of hydrogen-bond donors (Lipinski definition) is 1. The van der Waals surface area contributed by atoms with Gasteiger partial charge in [0, 0.05) is 12.2 Å². The van der Waals surface area contributed by atoms with Crippen LogP contribution in [0.25, 0.3) is 10.2 Å². The lowest BCUT2D eigenvalue weighted by Crippen LogP contribution is -2.25. The van der Waals surface area contributed by atoms with E-state index in [-0.39, 0.29) is 0 Å². The molecule has 0 unspecified atom stereocenters. The second-order valence-corrected chi connectivity index (χ2v) is 6.62. The van der Waals surface area contributed by atoms with Crippen LogP contribution in [0.4, 0.5) is 11.5 Å². The molecule has 0 bridgehead atoms. The first-order valence-corrected chi connectivity index (χ1v) is 8.31. The Morgan fingerprint density at radius 3 is 2.96 bits per heavy atom. The van der Waals surface area contributed by atoms with E-state index in [2.05, 4.69) is 33.1 Å². The molecule has 3 heterocycles. The minimum Gasteiger partial charge on any atom is -0.477 e. The van der Waals surface area contributed by atoms with Gasteiger partial charge < -0.3 is 10.0 Å². The van der Waals surface area contributed by atoms with Crippen molar-refractivity contribution in [1.82, 2.24) is 9.97 Å². The number of carbonyl (C=O) groups is 1. The van der Waals surface area contributed by atoms with Gasteiger partial charge in [-0.1, -0.05) is 18.2 Å². The molecule has 1 N–H and O–H groups in total. The highest BCUT2D eigenvalue weighted by molar-refractivity contribution is 7.20. The summed E-state index contributed by atoms with van der Waals surface area (Å²) in [4.78, 5) is 23.4. The van der Waals surface area contributed by atoms with Crippen molar-refractivity contribution in [1.29, 1.82) is 0 Å². The van der Waals surface area contributed by atoms with E-state index in [0.717, 1.165) is 46.7 Å². The largest absolute Gasteiger partial charge is 0.477 e. The number of carboxylic acid groups (broad SMARTS) is 1. The van der Waals surface area contributed by atoms with Crippen molar-refractivity contribution < 1.29 is 9.90 Å². The van der Waals surface area contributed by atoms with E-state index in [9.17, 15) is 9.90 Å². The van der Waals surface area contributed by atoms with Gasteiger partial charge in [-0.2, -0.15) is 0 Å². The molecular formula is C17H15N3O2S. The van der Waals surface area contributed by atoms with Crippen LogP contribution >= 0.6 is 11.3 Å². The van der Waals surface area contributed by atoms with Crippen molar-refractivity contribution in [2.75, 3.05) is 11.4 Å². The van der Waals surface area contributed by atoms with Crippen LogP contribution < -0.4 is 4.90 Å². The summed E-state index contributed by atoms with van der Waals surface area (Å²) in [5.74, 6) is -0.0982. The molecule has 0 saturated heterocycles. The standard InChI is InChI=1S/C17H15N3O2S/c1-10-13-15(18-9-19-16(13)23-14(10)17(21)22)20-8-4-6-11-5-2-3-7-12(11)20/h2-3,5,7,9H,4,6,8H2,1H3,(H,21,22). The van der Waals surface area contributed by atoms with Crippen LogP contribution in [0.2, 0.25) is 0 Å². The van der Waals surface area contributed by atoms with E-state index >= 15 is 0 Å². The molecule has 1 aliphatic heterocycles. The van der Waals surface area contributed by atoms with Crippen LogP contribution in [0.1, 0.15) is 27.2 Å². The van der Waals surface area contributed by atoms with Crippen LogP contribution in [-0.2, 0) is 6.42 Å². The average Bonchev–Trinajstić information content (AvgIpc) is 2.92. The summed E-state index contributed by atoms with van der Waals surface area (Å²) in [5, 5.41) is 10.2. The number of para-hydroxylation sites is 1. The zero-order valence-electron chi connectivity index (χ0n) is 12.6. The fourth-order valence-electron chi connectivity index (χ4n) is 3.22. The quantitative estimate of drug-likeness (QED) is 0.776. The van der Waals surface area contributed by atoms with Gasteiger partial charge in [0.05, 0.1) is 5.39 Å². The summed E-state index contributed by atoms with van der Waals surface area (Å²) >= 11 is 1.21. The molecule has 0 saturated carbocycles. The topological polar surface area (TPSA) is 66.3 Å². The number of hydrogen-bond acceptors (Lipinski definition) is 5. The highest BCUT2D eigenvalue weighted by atomic mass is 32.1. The third-order valence-corrected chi connectivity index (χ3v) is 5.45. The number of carboxylic acids is 1. The summed E-state index contributed by atoms with van der Waals surface area (Å²) in [6.07, 6.45) is 3.64. The van der Waals surface area contributed by atoms with Crippen molar-refractivity contribution in [2.24, 2.45) is 0 Å². The van der Waals surface area contributed by atoms with Gasteiger partial charge in [-0.15, -0.1) is 11.3 Å². The van der Waals surface area contributed by atoms with Crippen LogP contribution in [0.5, 0.6) is 0 Å². The Kier molecular flexibility index (Phi) is 3.27. The highest BCUT2D eigenvalue weighted by Gasteiger charge is 2.24. The lowest BCUT2D eigenvalue weighted by molar-refractivity contribution is 0.0701. The minimum atomic E-state index is -0.907. The zero-order chi connectivity index (χ0) is 16.0. The second-order valence-electron chi connectivity index (χ2n) is 5.62. The molecular weight excluding hydrogens is 310 g/mol. The van der Waals surface area contributed by atoms with E-state index in [1.807, 2.05) is 13.0 Å². The number of benzene rings is 1.